The Labute approximate surface area is 96.2 Å². The fourth-order valence-electron chi connectivity index (χ4n) is 1.55. The number of esters is 1. The van der Waals surface area contributed by atoms with Crippen LogP contribution < -0.4 is 4.90 Å². The summed E-state index contributed by atoms with van der Waals surface area (Å²) in [4.78, 5) is 17.5. The normalized spacial score (nSPS) is 11.9. The van der Waals surface area contributed by atoms with E-state index >= 15 is 0 Å². The molecule has 0 aromatic carbocycles. The molecule has 0 aliphatic carbocycles. The fourth-order valence-corrected chi connectivity index (χ4v) is 1.55. The molecule has 0 spiro atoms. The minimum absolute atomic E-state index is 0.0878. The first kappa shape index (κ1) is 12.5. The number of ether oxygens (including phenoxy) is 1. The van der Waals surface area contributed by atoms with Gasteiger partial charge in [0, 0.05) is 19.8 Å². The van der Waals surface area contributed by atoms with Crippen molar-refractivity contribution in [2.45, 2.75) is 13.3 Å². The summed E-state index contributed by atoms with van der Waals surface area (Å²) in [5.41, 5.74) is 1.00. The van der Waals surface area contributed by atoms with Gasteiger partial charge in [-0.15, -0.1) is 0 Å². The number of carbonyl (C=O) groups is 1. The lowest BCUT2D eigenvalue weighted by Gasteiger charge is -2.23. The quantitative estimate of drug-likeness (QED) is 0.711. The number of anilines is 1. The van der Waals surface area contributed by atoms with Crippen LogP contribution in [0.15, 0.2) is 24.5 Å². The standard InChI is InChI=1S/C12H18N2O2/c1-4-10(12(15)16-3)9-14(2)11-6-5-7-13-8-11/h5-8,10H,4,9H2,1-3H3. The molecule has 0 aliphatic heterocycles. The van der Waals surface area contributed by atoms with Gasteiger partial charge in [0.15, 0.2) is 0 Å². The van der Waals surface area contributed by atoms with Crippen LogP contribution >= 0.6 is 0 Å². The van der Waals surface area contributed by atoms with E-state index in [9.17, 15) is 4.79 Å². The average molecular weight is 222 g/mol. The van der Waals surface area contributed by atoms with Crippen molar-refractivity contribution in [2.75, 3.05) is 25.6 Å². The molecule has 0 radical (unpaired) electrons. The van der Waals surface area contributed by atoms with Crippen LogP contribution in [0.2, 0.25) is 0 Å². The van der Waals surface area contributed by atoms with Crippen LogP contribution in [0.3, 0.4) is 0 Å². The second-order valence-corrected chi connectivity index (χ2v) is 3.72. The summed E-state index contributed by atoms with van der Waals surface area (Å²) in [7, 11) is 3.37. The average Bonchev–Trinajstić information content (AvgIpc) is 2.35. The van der Waals surface area contributed by atoms with E-state index in [-0.39, 0.29) is 11.9 Å². The van der Waals surface area contributed by atoms with Gasteiger partial charge in [0.1, 0.15) is 0 Å². The molecule has 0 amide bonds. The van der Waals surface area contributed by atoms with E-state index in [0.717, 1.165) is 12.1 Å². The second-order valence-electron chi connectivity index (χ2n) is 3.72. The van der Waals surface area contributed by atoms with Crippen LogP contribution in [0, 0.1) is 5.92 Å². The van der Waals surface area contributed by atoms with Crippen molar-refractivity contribution in [1.29, 1.82) is 0 Å². The molecule has 0 fully saturated rings. The van der Waals surface area contributed by atoms with E-state index in [0.29, 0.717) is 6.54 Å². The zero-order chi connectivity index (χ0) is 12.0. The van der Waals surface area contributed by atoms with Crippen LogP contribution in [0.4, 0.5) is 5.69 Å². The number of hydrogen-bond donors (Lipinski definition) is 0. The van der Waals surface area contributed by atoms with E-state index in [1.165, 1.54) is 7.11 Å². The van der Waals surface area contributed by atoms with Crippen molar-refractivity contribution in [3.8, 4) is 0 Å². The van der Waals surface area contributed by atoms with Gasteiger partial charge in [-0.2, -0.15) is 0 Å². The van der Waals surface area contributed by atoms with E-state index in [1.54, 1.807) is 12.4 Å². The van der Waals surface area contributed by atoms with E-state index in [4.69, 9.17) is 4.74 Å². The van der Waals surface area contributed by atoms with Gasteiger partial charge in [-0.3, -0.25) is 9.78 Å². The number of aromatic nitrogens is 1. The van der Waals surface area contributed by atoms with Gasteiger partial charge in [-0.25, -0.2) is 0 Å². The van der Waals surface area contributed by atoms with Crippen molar-refractivity contribution < 1.29 is 9.53 Å². The van der Waals surface area contributed by atoms with Gasteiger partial charge in [0.25, 0.3) is 0 Å². The Morgan fingerprint density at radius 3 is 2.88 bits per heavy atom. The summed E-state index contributed by atoms with van der Waals surface area (Å²) in [6.07, 6.45) is 4.29. The second kappa shape index (κ2) is 6.10. The number of carbonyl (C=O) groups excluding carboxylic acids is 1. The van der Waals surface area contributed by atoms with Crippen molar-refractivity contribution in [3.05, 3.63) is 24.5 Å². The topological polar surface area (TPSA) is 42.4 Å². The predicted octanol–water partition coefficient (Wildman–Crippen LogP) is 1.72. The molecule has 1 rings (SSSR count). The molecule has 0 bridgehead atoms. The van der Waals surface area contributed by atoms with E-state index < -0.39 is 0 Å². The largest absolute Gasteiger partial charge is 0.469 e. The highest BCUT2D eigenvalue weighted by Crippen LogP contribution is 2.14. The first-order valence-electron chi connectivity index (χ1n) is 5.38. The molecule has 1 atom stereocenters. The maximum absolute atomic E-state index is 11.4. The Morgan fingerprint density at radius 1 is 1.62 bits per heavy atom. The zero-order valence-corrected chi connectivity index (χ0v) is 10.0. The lowest BCUT2D eigenvalue weighted by molar-refractivity contribution is -0.145. The van der Waals surface area contributed by atoms with Gasteiger partial charge in [0.05, 0.1) is 24.9 Å². The molecular formula is C12H18N2O2. The van der Waals surface area contributed by atoms with Crippen LogP contribution in [0.5, 0.6) is 0 Å². The number of nitrogens with zero attached hydrogens (tertiary/aromatic N) is 2. The van der Waals surface area contributed by atoms with Gasteiger partial charge in [-0.05, 0) is 18.6 Å². The molecule has 1 heterocycles. The van der Waals surface area contributed by atoms with Crippen LogP contribution in [0.25, 0.3) is 0 Å². The highest BCUT2D eigenvalue weighted by Gasteiger charge is 2.19. The van der Waals surface area contributed by atoms with Crippen molar-refractivity contribution in [2.24, 2.45) is 5.92 Å². The Kier molecular flexibility index (Phi) is 4.76. The Balaban J connectivity index is 2.62. The highest BCUT2D eigenvalue weighted by molar-refractivity contribution is 5.73. The van der Waals surface area contributed by atoms with E-state index in [1.807, 2.05) is 31.0 Å². The minimum atomic E-state index is -0.154. The third kappa shape index (κ3) is 3.22. The summed E-state index contributed by atoms with van der Waals surface area (Å²) in [5.74, 6) is -0.242. The Bertz CT molecular complexity index is 327. The summed E-state index contributed by atoms with van der Waals surface area (Å²) in [5, 5.41) is 0. The third-order valence-electron chi connectivity index (χ3n) is 2.61. The first-order valence-corrected chi connectivity index (χ1v) is 5.38. The molecule has 0 saturated carbocycles. The molecule has 0 N–H and O–H groups in total. The minimum Gasteiger partial charge on any atom is -0.469 e. The number of pyridine rings is 1. The molecule has 4 heteroatoms. The number of rotatable bonds is 5. The third-order valence-corrected chi connectivity index (χ3v) is 2.61. The van der Waals surface area contributed by atoms with Crippen molar-refractivity contribution in [3.63, 3.8) is 0 Å². The number of hydrogen-bond acceptors (Lipinski definition) is 4. The highest BCUT2D eigenvalue weighted by atomic mass is 16.5. The SMILES string of the molecule is CCC(CN(C)c1cccnc1)C(=O)OC. The van der Waals surface area contributed by atoms with Crippen LogP contribution in [-0.4, -0.2) is 31.7 Å². The predicted molar refractivity (Wildman–Crippen MR) is 63.3 cm³/mol. The summed E-state index contributed by atoms with van der Waals surface area (Å²) in [6, 6.07) is 3.85. The smallest absolute Gasteiger partial charge is 0.310 e. The van der Waals surface area contributed by atoms with Gasteiger partial charge in [0.2, 0.25) is 0 Å². The maximum Gasteiger partial charge on any atom is 0.310 e. The molecule has 1 aromatic heterocycles. The summed E-state index contributed by atoms with van der Waals surface area (Å²) in [6.45, 7) is 2.63. The van der Waals surface area contributed by atoms with Gasteiger partial charge < -0.3 is 9.64 Å². The van der Waals surface area contributed by atoms with Crippen LogP contribution in [0.1, 0.15) is 13.3 Å². The van der Waals surface area contributed by atoms with Crippen LogP contribution in [-0.2, 0) is 9.53 Å². The monoisotopic (exact) mass is 222 g/mol. The molecular weight excluding hydrogens is 204 g/mol. The maximum atomic E-state index is 11.4. The Morgan fingerprint density at radius 2 is 2.38 bits per heavy atom. The zero-order valence-electron chi connectivity index (χ0n) is 10.0. The lowest BCUT2D eigenvalue weighted by atomic mass is 10.1. The van der Waals surface area contributed by atoms with Crippen molar-refractivity contribution >= 4 is 11.7 Å². The summed E-state index contributed by atoms with van der Waals surface area (Å²) >= 11 is 0. The Hall–Kier alpha value is -1.58. The molecule has 88 valence electrons. The summed E-state index contributed by atoms with van der Waals surface area (Å²) < 4.78 is 4.76. The molecule has 4 nitrogen and oxygen atoms in total. The van der Waals surface area contributed by atoms with Gasteiger partial charge in [-0.1, -0.05) is 6.92 Å². The molecule has 16 heavy (non-hydrogen) atoms. The van der Waals surface area contributed by atoms with Crippen molar-refractivity contribution in [1.82, 2.24) is 4.98 Å². The molecule has 0 saturated heterocycles. The molecule has 1 aromatic rings. The van der Waals surface area contributed by atoms with E-state index in [2.05, 4.69) is 4.98 Å². The lowest BCUT2D eigenvalue weighted by Crippen LogP contribution is -2.30. The molecule has 0 aliphatic rings. The number of methoxy groups -OCH3 is 1. The molecule has 1 unspecified atom stereocenters. The first-order chi connectivity index (χ1) is 7.69. The fraction of sp³-hybridized carbons (Fsp3) is 0.500. The van der Waals surface area contributed by atoms with Gasteiger partial charge >= 0.3 is 5.97 Å².